The third-order valence-electron chi connectivity index (χ3n) is 2.67. The van der Waals surface area contributed by atoms with Crippen molar-refractivity contribution in [2.24, 2.45) is 11.8 Å². The van der Waals surface area contributed by atoms with Gasteiger partial charge in [0.25, 0.3) is 0 Å². The van der Waals surface area contributed by atoms with Crippen LogP contribution in [0.2, 0.25) is 0 Å². The molecule has 1 fully saturated rings. The van der Waals surface area contributed by atoms with Crippen molar-refractivity contribution >= 4 is 0 Å². The van der Waals surface area contributed by atoms with Crippen LogP contribution in [-0.2, 0) is 0 Å². The van der Waals surface area contributed by atoms with Crippen molar-refractivity contribution < 1.29 is 0 Å². The molecule has 1 unspecified atom stereocenters. The van der Waals surface area contributed by atoms with E-state index in [2.05, 4.69) is 20.3 Å². The Morgan fingerprint density at radius 1 is 1.45 bits per heavy atom. The molecule has 1 aliphatic carbocycles. The van der Waals surface area contributed by atoms with Crippen LogP contribution in [-0.4, -0.2) is 0 Å². The lowest BCUT2D eigenvalue weighted by Gasteiger charge is -2.21. The molecular weight excluding hydrogens is 132 g/mol. The minimum Gasteiger partial charge on any atom is -0.0628 e. The highest BCUT2D eigenvalue weighted by molar-refractivity contribution is 4.77. The predicted molar refractivity (Wildman–Crippen MR) is 50.3 cm³/mol. The van der Waals surface area contributed by atoms with Gasteiger partial charge in [0, 0.05) is 0 Å². The lowest BCUT2D eigenvalue weighted by molar-refractivity contribution is 0.357. The molecule has 0 aliphatic heterocycles. The Kier molecular flexibility index (Phi) is 3.96. The second kappa shape index (κ2) is 4.79. The quantitative estimate of drug-likeness (QED) is 0.578. The van der Waals surface area contributed by atoms with E-state index in [-0.39, 0.29) is 0 Å². The fraction of sp³-hybridized carbons (Fsp3) is 0.909. The normalized spacial score (nSPS) is 21.0. The van der Waals surface area contributed by atoms with Crippen LogP contribution >= 0.6 is 0 Å². The predicted octanol–water partition coefficient (Wildman–Crippen LogP) is 3.82. The van der Waals surface area contributed by atoms with Gasteiger partial charge in [-0.15, -0.1) is 0 Å². The standard InChI is InChI=1S/C11H21/c1-10(2)8-9-11-6-4-3-5-7-11/h4,10-11H,3,5-9H2,1-2H3. The van der Waals surface area contributed by atoms with E-state index < -0.39 is 0 Å². The number of rotatable bonds is 3. The van der Waals surface area contributed by atoms with Crippen LogP contribution in [0.15, 0.2) is 0 Å². The summed E-state index contributed by atoms with van der Waals surface area (Å²) < 4.78 is 0. The van der Waals surface area contributed by atoms with Crippen LogP contribution in [0.1, 0.15) is 52.4 Å². The summed E-state index contributed by atoms with van der Waals surface area (Å²) in [6, 6.07) is 0. The third kappa shape index (κ3) is 3.79. The van der Waals surface area contributed by atoms with Crippen molar-refractivity contribution in [3.8, 4) is 0 Å². The molecule has 0 heteroatoms. The summed E-state index contributed by atoms with van der Waals surface area (Å²) in [7, 11) is 0. The first kappa shape index (κ1) is 9.09. The van der Waals surface area contributed by atoms with Gasteiger partial charge in [-0.05, 0) is 24.7 Å². The van der Waals surface area contributed by atoms with E-state index in [1.165, 1.54) is 38.5 Å². The van der Waals surface area contributed by atoms with E-state index in [0.29, 0.717) is 0 Å². The maximum Gasteiger partial charge on any atom is -0.0383 e. The molecule has 0 aromatic carbocycles. The molecule has 0 aromatic rings. The van der Waals surface area contributed by atoms with Gasteiger partial charge >= 0.3 is 0 Å². The maximum absolute atomic E-state index is 2.48. The minimum absolute atomic E-state index is 0.900. The first-order valence-electron chi connectivity index (χ1n) is 5.10. The molecule has 0 saturated heterocycles. The molecule has 1 aliphatic rings. The fourth-order valence-corrected chi connectivity index (χ4v) is 1.85. The summed E-state index contributed by atoms with van der Waals surface area (Å²) in [5, 5.41) is 0. The van der Waals surface area contributed by atoms with Gasteiger partial charge in [-0.25, -0.2) is 0 Å². The summed E-state index contributed by atoms with van der Waals surface area (Å²) >= 11 is 0. The van der Waals surface area contributed by atoms with Crippen LogP contribution in [0.3, 0.4) is 0 Å². The molecule has 11 heavy (non-hydrogen) atoms. The smallest absolute Gasteiger partial charge is 0.0383 e. The van der Waals surface area contributed by atoms with Crippen molar-refractivity contribution in [2.45, 2.75) is 52.4 Å². The average Bonchev–Trinajstić information content (AvgIpc) is 2.03. The molecule has 1 saturated carbocycles. The molecule has 0 aromatic heterocycles. The van der Waals surface area contributed by atoms with Gasteiger partial charge in [0.15, 0.2) is 0 Å². The van der Waals surface area contributed by atoms with Crippen molar-refractivity contribution in [2.75, 3.05) is 0 Å². The average molecular weight is 153 g/mol. The van der Waals surface area contributed by atoms with Gasteiger partial charge in [0.2, 0.25) is 0 Å². The fourth-order valence-electron chi connectivity index (χ4n) is 1.85. The SMILES string of the molecule is CC(C)CCC1C[CH]CCC1. The topological polar surface area (TPSA) is 0 Å². The van der Waals surface area contributed by atoms with Gasteiger partial charge in [0.05, 0.1) is 0 Å². The molecule has 1 radical (unpaired) electrons. The van der Waals surface area contributed by atoms with Gasteiger partial charge in [-0.2, -0.15) is 0 Å². The summed E-state index contributed by atoms with van der Waals surface area (Å²) in [4.78, 5) is 0. The Hall–Kier alpha value is 0. The lowest BCUT2D eigenvalue weighted by Crippen LogP contribution is -2.07. The Morgan fingerprint density at radius 3 is 2.82 bits per heavy atom. The highest BCUT2D eigenvalue weighted by Gasteiger charge is 2.13. The van der Waals surface area contributed by atoms with Crippen LogP contribution < -0.4 is 0 Å². The third-order valence-corrected chi connectivity index (χ3v) is 2.67. The van der Waals surface area contributed by atoms with E-state index in [0.717, 1.165) is 11.8 Å². The molecular formula is C11H21. The van der Waals surface area contributed by atoms with Crippen LogP contribution in [0.4, 0.5) is 0 Å². The van der Waals surface area contributed by atoms with E-state index in [4.69, 9.17) is 0 Å². The number of hydrogen-bond donors (Lipinski definition) is 0. The van der Waals surface area contributed by atoms with E-state index >= 15 is 0 Å². The second-order valence-corrected chi connectivity index (χ2v) is 4.29. The molecule has 0 amide bonds. The maximum atomic E-state index is 2.48. The molecule has 0 N–H and O–H groups in total. The van der Waals surface area contributed by atoms with Gasteiger partial charge in [-0.1, -0.05) is 46.0 Å². The number of hydrogen-bond acceptors (Lipinski definition) is 0. The van der Waals surface area contributed by atoms with Crippen molar-refractivity contribution in [1.82, 2.24) is 0 Å². The van der Waals surface area contributed by atoms with Crippen LogP contribution in [0.5, 0.6) is 0 Å². The Labute approximate surface area is 71.4 Å². The van der Waals surface area contributed by atoms with Gasteiger partial charge < -0.3 is 0 Å². The Morgan fingerprint density at radius 2 is 2.27 bits per heavy atom. The molecule has 1 rings (SSSR count). The highest BCUT2D eigenvalue weighted by Crippen LogP contribution is 2.27. The van der Waals surface area contributed by atoms with Crippen molar-refractivity contribution in [1.29, 1.82) is 0 Å². The van der Waals surface area contributed by atoms with E-state index in [1.54, 1.807) is 0 Å². The van der Waals surface area contributed by atoms with Crippen molar-refractivity contribution in [3.05, 3.63) is 6.42 Å². The van der Waals surface area contributed by atoms with E-state index in [9.17, 15) is 0 Å². The zero-order valence-electron chi connectivity index (χ0n) is 7.97. The van der Waals surface area contributed by atoms with Gasteiger partial charge in [-0.3, -0.25) is 0 Å². The Balaban J connectivity index is 2.05. The zero-order valence-corrected chi connectivity index (χ0v) is 7.97. The molecule has 0 nitrogen and oxygen atoms in total. The van der Waals surface area contributed by atoms with Crippen LogP contribution in [0, 0.1) is 18.3 Å². The highest BCUT2D eigenvalue weighted by atomic mass is 14.2. The largest absolute Gasteiger partial charge is 0.0628 e. The molecule has 0 spiro atoms. The summed E-state index contributed by atoms with van der Waals surface area (Å²) in [6.45, 7) is 4.65. The molecule has 1 atom stereocenters. The molecule has 65 valence electrons. The lowest BCUT2D eigenvalue weighted by atomic mass is 9.85. The summed E-state index contributed by atoms with van der Waals surface area (Å²) in [5.74, 6) is 1.93. The van der Waals surface area contributed by atoms with E-state index in [1.807, 2.05) is 0 Å². The monoisotopic (exact) mass is 153 g/mol. The molecule has 0 bridgehead atoms. The first-order valence-corrected chi connectivity index (χ1v) is 5.10. The van der Waals surface area contributed by atoms with Gasteiger partial charge in [0.1, 0.15) is 0 Å². The zero-order chi connectivity index (χ0) is 8.10. The second-order valence-electron chi connectivity index (χ2n) is 4.29. The van der Waals surface area contributed by atoms with Crippen molar-refractivity contribution in [3.63, 3.8) is 0 Å². The Bertz CT molecular complexity index is 88.2. The van der Waals surface area contributed by atoms with Crippen LogP contribution in [0.25, 0.3) is 0 Å². The first-order chi connectivity index (χ1) is 5.29. The summed E-state index contributed by atoms with van der Waals surface area (Å²) in [6.07, 6.45) is 11.1. The molecule has 0 heterocycles. The minimum atomic E-state index is 0.900. The summed E-state index contributed by atoms with van der Waals surface area (Å²) in [5.41, 5.74) is 0.